The summed E-state index contributed by atoms with van der Waals surface area (Å²) in [7, 11) is 0. The average Bonchev–Trinajstić information content (AvgIpc) is 2.80. The third kappa shape index (κ3) is 2.67. The molecule has 0 spiro atoms. The minimum absolute atomic E-state index is 0.214. The van der Waals surface area contributed by atoms with E-state index < -0.39 is 0 Å². The van der Waals surface area contributed by atoms with Crippen LogP contribution in [0.4, 0.5) is 0 Å². The van der Waals surface area contributed by atoms with Crippen molar-refractivity contribution in [1.82, 2.24) is 4.57 Å². The van der Waals surface area contributed by atoms with Crippen molar-refractivity contribution in [2.24, 2.45) is 5.92 Å². The summed E-state index contributed by atoms with van der Waals surface area (Å²) in [6, 6.07) is 8.22. The predicted molar refractivity (Wildman–Crippen MR) is 74.0 cm³/mol. The summed E-state index contributed by atoms with van der Waals surface area (Å²) in [4.78, 5) is 0. The highest BCUT2D eigenvalue weighted by atomic mass is 16.5. The maximum Gasteiger partial charge on any atom is 0.128 e. The first-order valence-electron chi connectivity index (χ1n) is 6.57. The van der Waals surface area contributed by atoms with E-state index in [-0.39, 0.29) is 12.5 Å². The van der Waals surface area contributed by atoms with Gasteiger partial charge in [-0.2, -0.15) is 0 Å². The molecule has 0 fully saturated rings. The fraction of sp³-hybridized carbons (Fsp3) is 0.467. The number of fused-ring (bicyclic) bond motifs is 1. The van der Waals surface area contributed by atoms with E-state index >= 15 is 0 Å². The van der Waals surface area contributed by atoms with Gasteiger partial charge in [0.05, 0.1) is 12.1 Å². The summed E-state index contributed by atoms with van der Waals surface area (Å²) >= 11 is 0. The number of nitrogens with zero attached hydrogens (tertiary/aromatic N) is 1. The van der Waals surface area contributed by atoms with E-state index in [0.29, 0.717) is 0 Å². The molecule has 3 heteroatoms. The van der Waals surface area contributed by atoms with Crippen molar-refractivity contribution in [3.8, 4) is 5.75 Å². The third-order valence-corrected chi connectivity index (χ3v) is 3.06. The largest absolute Gasteiger partial charge is 0.493 e. The Balaban J connectivity index is 2.29. The van der Waals surface area contributed by atoms with Crippen LogP contribution in [-0.4, -0.2) is 22.9 Å². The van der Waals surface area contributed by atoms with Crippen LogP contribution in [-0.2, 0) is 6.54 Å². The van der Waals surface area contributed by atoms with Crippen LogP contribution in [0.5, 0.6) is 5.75 Å². The van der Waals surface area contributed by atoms with E-state index in [4.69, 9.17) is 9.84 Å². The minimum atomic E-state index is 0.214. The highest BCUT2D eigenvalue weighted by Gasteiger charge is 2.08. The Kier molecular flexibility index (Phi) is 4.26. The molecule has 0 saturated carbocycles. The lowest BCUT2D eigenvalue weighted by molar-refractivity contribution is 0.224. The van der Waals surface area contributed by atoms with Gasteiger partial charge in [-0.15, -0.1) is 0 Å². The first-order chi connectivity index (χ1) is 8.76. The van der Waals surface area contributed by atoms with E-state index in [1.165, 1.54) is 5.52 Å². The average molecular weight is 247 g/mol. The molecule has 18 heavy (non-hydrogen) atoms. The van der Waals surface area contributed by atoms with Crippen molar-refractivity contribution >= 4 is 10.9 Å². The zero-order valence-corrected chi connectivity index (χ0v) is 11.1. The van der Waals surface area contributed by atoms with Crippen molar-refractivity contribution in [1.29, 1.82) is 0 Å². The van der Waals surface area contributed by atoms with Gasteiger partial charge in [-0.1, -0.05) is 19.9 Å². The number of aromatic nitrogens is 1. The van der Waals surface area contributed by atoms with Gasteiger partial charge < -0.3 is 14.4 Å². The lowest BCUT2D eigenvalue weighted by Gasteiger charge is -2.11. The zero-order chi connectivity index (χ0) is 13.0. The topological polar surface area (TPSA) is 34.4 Å². The molecule has 0 amide bonds. The van der Waals surface area contributed by atoms with Gasteiger partial charge in [0.1, 0.15) is 5.75 Å². The Labute approximate surface area is 108 Å². The van der Waals surface area contributed by atoms with Gasteiger partial charge in [-0.3, -0.25) is 0 Å². The molecule has 0 aliphatic heterocycles. The third-order valence-electron chi connectivity index (χ3n) is 3.06. The molecular weight excluding hydrogens is 226 g/mol. The van der Waals surface area contributed by atoms with Crippen molar-refractivity contribution in [3.63, 3.8) is 0 Å². The van der Waals surface area contributed by atoms with Gasteiger partial charge in [0.2, 0.25) is 0 Å². The zero-order valence-electron chi connectivity index (χ0n) is 11.1. The molecule has 1 heterocycles. The van der Waals surface area contributed by atoms with Crippen molar-refractivity contribution < 1.29 is 9.84 Å². The predicted octanol–water partition coefficient (Wildman–Crippen LogP) is 3.06. The molecule has 0 aliphatic carbocycles. The van der Waals surface area contributed by atoms with E-state index in [1.54, 1.807) is 0 Å². The molecule has 0 aliphatic rings. The lowest BCUT2D eigenvalue weighted by Crippen LogP contribution is -2.10. The summed E-state index contributed by atoms with van der Waals surface area (Å²) in [6.45, 7) is 5.94. The molecule has 0 radical (unpaired) electrons. The number of aliphatic hydroxyl groups excluding tert-OH is 1. The Morgan fingerprint density at radius 1 is 1.33 bits per heavy atom. The Bertz CT molecular complexity index is 504. The number of aliphatic hydroxyl groups is 1. The highest BCUT2D eigenvalue weighted by Crippen LogP contribution is 2.27. The van der Waals surface area contributed by atoms with Gasteiger partial charge in [0.25, 0.3) is 0 Å². The first-order valence-corrected chi connectivity index (χ1v) is 6.57. The van der Waals surface area contributed by atoms with Crippen molar-refractivity contribution in [3.05, 3.63) is 30.5 Å². The molecule has 3 nitrogen and oxygen atoms in total. The minimum Gasteiger partial charge on any atom is -0.493 e. The Hall–Kier alpha value is -1.48. The van der Waals surface area contributed by atoms with Gasteiger partial charge >= 0.3 is 0 Å². The summed E-state index contributed by atoms with van der Waals surface area (Å²) in [5.74, 6) is 1.21. The number of benzene rings is 1. The number of ether oxygens (including phenoxy) is 1. The Morgan fingerprint density at radius 2 is 2.17 bits per heavy atom. The maximum absolute atomic E-state index is 9.14. The van der Waals surface area contributed by atoms with E-state index in [2.05, 4.69) is 29.8 Å². The molecule has 0 bridgehead atoms. The monoisotopic (exact) mass is 247 g/mol. The number of hydrogen-bond acceptors (Lipinski definition) is 2. The van der Waals surface area contributed by atoms with Crippen LogP contribution < -0.4 is 4.74 Å². The highest BCUT2D eigenvalue weighted by molar-refractivity contribution is 5.86. The van der Waals surface area contributed by atoms with E-state index in [9.17, 15) is 0 Å². The normalized spacial score (nSPS) is 12.8. The van der Waals surface area contributed by atoms with Crippen LogP contribution in [0.2, 0.25) is 0 Å². The van der Waals surface area contributed by atoms with Crippen LogP contribution in [0, 0.1) is 5.92 Å². The van der Waals surface area contributed by atoms with Crippen LogP contribution >= 0.6 is 0 Å². The molecule has 1 atom stereocenters. The van der Waals surface area contributed by atoms with Gasteiger partial charge in [0.15, 0.2) is 0 Å². The molecule has 98 valence electrons. The summed E-state index contributed by atoms with van der Waals surface area (Å²) in [6.07, 6.45) is 3.08. The second-order valence-corrected chi connectivity index (χ2v) is 4.79. The van der Waals surface area contributed by atoms with Crippen LogP contribution in [0.15, 0.2) is 30.5 Å². The van der Waals surface area contributed by atoms with E-state index in [0.717, 1.165) is 30.7 Å². The van der Waals surface area contributed by atoms with Crippen LogP contribution in [0.25, 0.3) is 10.9 Å². The first kappa shape index (κ1) is 13.0. The molecular formula is C15H21NO2. The SMILES string of the molecule is CCCOc1cccc2c1ccn2CC(C)CO. The summed E-state index contributed by atoms with van der Waals surface area (Å²) < 4.78 is 7.93. The smallest absolute Gasteiger partial charge is 0.128 e. The Morgan fingerprint density at radius 3 is 2.89 bits per heavy atom. The van der Waals surface area contributed by atoms with Crippen molar-refractivity contribution in [2.45, 2.75) is 26.8 Å². The summed E-state index contributed by atoms with van der Waals surface area (Å²) in [5, 5.41) is 10.3. The molecule has 2 rings (SSSR count). The van der Waals surface area contributed by atoms with Crippen molar-refractivity contribution in [2.75, 3.05) is 13.2 Å². The molecule has 1 aromatic carbocycles. The standard InChI is InChI=1S/C15H21NO2/c1-3-9-18-15-6-4-5-14-13(15)7-8-16(14)10-12(2)11-17/h4-8,12,17H,3,9-11H2,1-2H3. The fourth-order valence-corrected chi connectivity index (χ4v) is 2.09. The van der Waals surface area contributed by atoms with Crippen LogP contribution in [0.3, 0.4) is 0 Å². The second-order valence-electron chi connectivity index (χ2n) is 4.79. The molecule has 0 saturated heterocycles. The second kappa shape index (κ2) is 5.91. The maximum atomic E-state index is 9.14. The van der Waals surface area contributed by atoms with Crippen LogP contribution in [0.1, 0.15) is 20.3 Å². The van der Waals surface area contributed by atoms with Gasteiger partial charge in [-0.05, 0) is 30.5 Å². The summed E-state index contributed by atoms with van der Waals surface area (Å²) in [5.41, 5.74) is 1.17. The number of rotatable bonds is 6. The quantitative estimate of drug-likeness (QED) is 0.851. The van der Waals surface area contributed by atoms with E-state index in [1.807, 2.05) is 19.1 Å². The molecule has 1 N–H and O–H groups in total. The number of hydrogen-bond donors (Lipinski definition) is 1. The van der Waals surface area contributed by atoms with Gasteiger partial charge in [-0.25, -0.2) is 0 Å². The lowest BCUT2D eigenvalue weighted by atomic mass is 10.2. The molecule has 1 aromatic heterocycles. The fourth-order valence-electron chi connectivity index (χ4n) is 2.09. The molecule has 1 unspecified atom stereocenters. The van der Waals surface area contributed by atoms with Gasteiger partial charge in [0, 0.05) is 24.7 Å². The molecule has 2 aromatic rings.